The quantitative estimate of drug-likeness (QED) is 0.503. The SMILES string of the molecule is C1CCC2CCCC2C1.CCC. The highest BCUT2D eigenvalue weighted by Gasteiger charge is 2.28. The van der Waals surface area contributed by atoms with Crippen LogP contribution in [-0.2, 0) is 0 Å². The third-order valence-corrected chi connectivity index (χ3v) is 3.22. The molecule has 2 rings (SSSR count). The molecule has 0 aromatic rings. The topological polar surface area (TPSA) is 0 Å². The average Bonchev–Trinajstić information content (AvgIpc) is 2.52. The molecule has 2 aliphatic carbocycles. The van der Waals surface area contributed by atoms with E-state index >= 15 is 0 Å². The first-order valence-corrected chi connectivity index (χ1v) is 5.88. The number of hydrogen-bond donors (Lipinski definition) is 0. The molecule has 0 aromatic heterocycles. The van der Waals surface area contributed by atoms with Gasteiger partial charge in [-0.05, 0) is 11.8 Å². The lowest BCUT2D eigenvalue weighted by Gasteiger charge is -2.24. The van der Waals surface area contributed by atoms with Gasteiger partial charge < -0.3 is 0 Å². The summed E-state index contributed by atoms with van der Waals surface area (Å²) in [6.45, 7) is 4.25. The molecule has 0 radical (unpaired) electrons. The van der Waals surface area contributed by atoms with E-state index in [4.69, 9.17) is 0 Å². The van der Waals surface area contributed by atoms with Crippen molar-refractivity contribution in [2.75, 3.05) is 0 Å². The Labute approximate surface area is 77.7 Å². The van der Waals surface area contributed by atoms with Gasteiger partial charge in [-0.15, -0.1) is 0 Å². The van der Waals surface area contributed by atoms with E-state index in [1.165, 1.54) is 37.5 Å². The Morgan fingerprint density at radius 3 is 1.50 bits per heavy atom. The minimum Gasteiger partial charge on any atom is -0.0656 e. The third-order valence-electron chi connectivity index (χ3n) is 3.22. The molecule has 2 unspecified atom stereocenters. The lowest BCUT2D eigenvalue weighted by Crippen LogP contribution is -2.12. The van der Waals surface area contributed by atoms with Crippen molar-refractivity contribution in [3.05, 3.63) is 0 Å². The van der Waals surface area contributed by atoms with Crippen LogP contribution >= 0.6 is 0 Å². The Hall–Kier alpha value is 0. The van der Waals surface area contributed by atoms with Gasteiger partial charge in [0.05, 0.1) is 0 Å². The molecule has 0 nitrogen and oxygen atoms in total. The van der Waals surface area contributed by atoms with Crippen LogP contribution < -0.4 is 0 Å². The lowest BCUT2D eigenvalue weighted by molar-refractivity contribution is 0.277. The summed E-state index contributed by atoms with van der Waals surface area (Å²) in [7, 11) is 0. The van der Waals surface area contributed by atoms with Gasteiger partial charge in [0.1, 0.15) is 0 Å². The molecule has 72 valence electrons. The van der Waals surface area contributed by atoms with E-state index in [0.29, 0.717) is 0 Å². The fourth-order valence-electron chi connectivity index (χ4n) is 2.69. The van der Waals surface area contributed by atoms with Crippen molar-refractivity contribution in [3.63, 3.8) is 0 Å². The molecule has 0 spiro atoms. The molecule has 0 aromatic carbocycles. The second-order valence-corrected chi connectivity index (χ2v) is 4.44. The minimum atomic E-state index is 1.17. The maximum absolute atomic E-state index is 2.12. The molecule has 0 bridgehead atoms. The van der Waals surface area contributed by atoms with Gasteiger partial charge in [-0.25, -0.2) is 0 Å². The van der Waals surface area contributed by atoms with Gasteiger partial charge >= 0.3 is 0 Å². The summed E-state index contributed by atoms with van der Waals surface area (Å²) in [4.78, 5) is 0. The molecule has 0 amide bonds. The number of rotatable bonds is 0. The van der Waals surface area contributed by atoms with Gasteiger partial charge in [0.15, 0.2) is 0 Å². The highest BCUT2D eigenvalue weighted by Crippen LogP contribution is 2.41. The molecule has 2 saturated carbocycles. The predicted molar refractivity (Wildman–Crippen MR) is 55.3 cm³/mol. The molecule has 2 aliphatic rings. The van der Waals surface area contributed by atoms with Gasteiger partial charge in [-0.1, -0.05) is 65.2 Å². The minimum absolute atomic E-state index is 1.17. The largest absolute Gasteiger partial charge is 0.0656 e. The van der Waals surface area contributed by atoms with Crippen LogP contribution in [0.15, 0.2) is 0 Å². The molecule has 0 heteroatoms. The van der Waals surface area contributed by atoms with E-state index in [9.17, 15) is 0 Å². The predicted octanol–water partition coefficient (Wildman–Crippen LogP) is 4.39. The van der Waals surface area contributed by atoms with Gasteiger partial charge in [0.2, 0.25) is 0 Å². The van der Waals surface area contributed by atoms with Crippen molar-refractivity contribution in [2.45, 2.75) is 65.2 Å². The molecule has 0 aliphatic heterocycles. The number of hydrogen-bond acceptors (Lipinski definition) is 0. The van der Waals surface area contributed by atoms with Crippen molar-refractivity contribution < 1.29 is 0 Å². The maximum Gasteiger partial charge on any atom is -0.0386 e. The lowest BCUT2D eigenvalue weighted by atomic mass is 9.82. The smallest absolute Gasteiger partial charge is 0.0386 e. The fraction of sp³-hybridized carbons (Fsp3) is 1.00. The van der Waals surface area contributed by atoms with E-state index in [1.807, 2.05) is 0 Å². The summed E-state index contributed by atoms with van der Waals surface area (Å²) < 4.78 is 0. The summed E-state index contributed by atoms with van der Waals surface area (Å²) in [6, 6.07) is 0. The second-order valence-electron chi connectivity index (χ2n) is 4.44. The van der Waals surface area contributed by atoms with Crippen molar-refractivity contribution in [3.8, 4) is 0 Å². The van der Waals surface area contributed by atoms with E-state index in [-0.39, 0.29) is 0 Å². The average molecular weight is 168 g/mol. The molecular formula is C12H24. The zero-order chi connectivity index (χ0) is 8.81. The zero-order valence-corrected chi connectivity index (χ0v) is 8.81. The van der Waals surface area contributed by atoms with Gasteiger partial charge in [0.25, 0.3) is 0 Å². The Kier molecular flexibility index (Phi) is 4.72. The first-order valence-electron chi connectivity index (χ1n) is 5.88. The first kappa shape index (κ1) is 10.1. The summed E-state index contributed by atoms with van der Waals surface area (Å²) in [5, 5.41) is 0. The first-order chi connectivity index (χ1) is 5.88. The van der Waals surface area contributed by atoms with Crippen LogP contribution in [0.5, 0.6) is 0 Å². The Morgan fingerprint density at radius 1 is 0.750 bits per heavy atom. The van der Waals surface area contributed by atoms with Gasteiger partial charge in [-0.2, -0.15) is 0 Å². The van der Waals surface area contributed by atoms with Crippen molar-refractivity contribution in [1.82, 2.24) is 0 Å². The molecule has 0 saturated heterocycles. The Morgan fingerprint density at radius 2 is 1.08 bits per heavy atom. The number of fused-ring (bicyclic) bond motifs is 1. The van der Waals surface area contributed by atoms with E-state index < -0.39 is 0 Å². The summed E-state index contributed by atoms with van der Waals surface area (Å²) in [6.07, 6.45) is 12.1. The summed E-state index contributed by atoms with van der Waals surface area (Å²) >= 11 is 0. The van der Waals surface area contributed by atoms with Crippen LogP contribution in [0.4, 0.5) is 0 Å². The highest BCUT2D eigenvalue weighted by molar-refractivity contribution is 4.80. The normalized spacial score (nSPS) is 33.5. The van der Waals surface area contributed by atoms with Crippen LogP contribution in [-0.4, -0.2) is 0 Å². The van der Waals surface area contributed by atoms with Crippen molar-refractivity contribution in [2.24, 2.45) is 11.8 Å². The molecule has 0 heterocycles. The second kappa shape index (κ2) is 5.61. The fourth-order valence-corrected chi connectivity index (χ4v) is 2.69. The third kappa shape index (κ3) is 2.80. The summed E-state index contributed by atoms with van der Waals surface area (Å²) in [5.41, 5.74) is 0. The molecule has 2 atom stereocenters. The van der Waals surface area contributed by atoms with Crippen LogP contribution in [0, 0.1) is 11.8 Å². The molecule has 12 heavy (non-hydrogen) atoms. The molecule has 0 N–H and O–H groups in total. The highest BCUT2D eigenvalue weighted by atomic mass is 14.3. The van der Waals surface area contributed by atoms with E-state index in [1.54, 1.807) is 25.7 Å². The molecular weight excluding hydrogens is 144 g/mol. The summed E-state index contributed by atoms with van der Waals surface area (Å²) in [5.74, 6) is 2.33. The Bertz CT molecular complexity index is 94.6. The van der Waals surface area contributed by atoms with Crippen molar-refractivity contribution >= 4 is 0 Å². The van der Waals surface area contributed by atoms with Crippen LogP contribution in [0.3, 0.4) is 0 Å². The molecule has 2 fully saturated rings. The van der Waals surface area contributed by atoms with E-state index in [0.717, 1.165) is 0 Å². The van der Waals surface area contributed by atoms with Crippen LogP contribution in [0.1, 0.15) is 65.2 Å². The standard InChI is InChI=1S/C9H16.C3H8/c1-2-5-9-7-3-6-8(9)4-1;1-3-2/h8-9H,1-7H2;3H2,1-2H3. The Balaban J connectivity index is 0.000000213. The van der Waals surface area contributed by atoms with Crippen molar-refractivity contribution in [1.29, 1.82) is 0 Å². The van der Waals surface area contributed by atoms with Gasteiger partial charge in [-0.3, -0.25) is 0 Å². The monoisotopic (exact) mass is 168 g/mol. The zero-order valence-electron chi connectivity index (χ0n) is 8.81. The van der Waals surface area contributed by atoms with E-state index in [2.05, 4.69) is 13.8 Å². The van der Waals surface area contributed by atoms with Crippen LogP contribution in [0.2, 0.25) is 0 Å². The van der Waals surface area contributed by atoms with Gasteiger partial charge in [0, 0.05) is 0 Å². The maximum atomic E-state index is 2.12. The van der Waals surface area contributed by atoms with Crippen LogP contribution in [0.25, 0.3) is 0 Å².